The van der Waals surface area contributed by atoms with Gasteiger partial charge in [0, 0.05) is 22.1 Å². The summed E-state index contributed by atoms with van der Waals surface area (Å²) in [5, 5.41) is 5.70. The zero-order valence-corrected chi connectivity index (χ0v) is 18.0. The molecule has 150 valence electrons. The van der Waals surface area contributed by atoms with Crippen molar-refractivity contribution < 1.29 is 19.1 Å². The van der Waals surface area contributed by atoms with Crippen molar-refractivity contribution in [3.8, 4) is 11.5 Å². The Morgan fingerprint density at radius 2 is 1.71 bits per heavy atom. The predicted molar refractivity (Wildman–Crippen MR) is 112 cm³/mol. The van der Waals surface area contributed by atoms with E-state index in [4.69, 9.17) is 9.47 Å². The lowest BCUT2D eigenvalue weighted by atomic mass is 10.0. The van der Waals surface area contributed by atoms with Gasteiger partial charge in [0.15, 0.2) is 0 Å². The third-order valence-electron chi connectivity index (χ3n) is 4.28. The van der Waals surface area contributed by atoms with Crippen LogP contribution in [0.5, 0.6) is 11.5 Å². The van der Waals surface area contributed by atoms with E-state index < -0.39 is 6.04 Å². The number of halogens is 1. The van der Waals surface area contributed by atoms with Gasteiger partial charge in [-0.15, -0.1) is 0 Å². The molecule has 28 heavy (non-hydrogen) atoms. The number of carbonyl (C=O) groups excluding carboxylic acids is 2. The van der Waals surface area contributed by atoms with Gasteiger partial charge in [0.1, 0.15) is 17.5 Å². The average molecular weight is 449 g/mol. The molecule has 0 aromatic heterocycles. The largest absolute Gasteiger partial charge is 0.497 e. The fourth-order valence-electron chi connectivity index (χ4n) is 2.68. The van der Waals surface area contributed by atoms with Gasteiger partial charge in [-0.1, -0.05) is 29.8 Å². The van der Waals surface area contributed by atoms with Gasteiger partial charge in [-0.2, -0.15) is 0 Å². The Bertz CT molecular complexity index is 822. The maximum absolute atomic E-state index is 12.7. The van der Waals surface area contributed by atoms with Crippen molar-refractivity contribution >= 4 is 27.7 Å². The van der Waals surface area contributed by atoms with Crippen molar-refractivity contribution in [2.75, 3.05) is 14.2 Å². The lowest BCUT2D eigenvalue weighted by molar-refractivity contribution is -0.124. The van der Waals surface area contributed by atoms with Crippen LogP contribution in [0.1, 0.15) is 29.8 Å². The number of hydrogen-bond donors (Lipinski definition) is 2. The van der Waals surface area contributed by atoms with Crippen LogP contribution in [-0.4, -0.2) is 32.1 Å². The molecule has 0 radical (unpaired) electrons. The van der Waals surface area contributed by atoms with Gasteiger partial charge in [0.2, 0.25) is 5.91 Å². The van der Waals surface area contributed by atoms with Crippen LogP contribution in [0, 0.1) is 5.92 Å². The first-order valence-electron chi connectivity index (χ1n) is 8.90. The van der Waals surface area contributed by atoms with Crippen molar-refractivity contribution in [1.82, 2.24) is 10.6 Å². The number of hydrogen-bond acceptors (Lipinski definition) is 4. The maximum atomic E-state index is 12.7. The Morgan fingerprint density at radius 1 is 1.04 bits per heavy atom. The Kier molecular flexibility index (Phi) is 7.87. The monoisotopic (exact) mass is 448 g/mol. The van der Waals surface area contributed by atoms with E-state index in [0.29, 0.717) is 23.6 Å². The number of nitrogens with one attached hydrogen (secondary N) is 2. The number of rotatable bonds is 8. The van der Waals surface area contributed by atoms with E-state index in [9.17, 15) is 9.59 Å². The fraction of sp³-hybridized carbons (Fsp3) is 0.333. The number of carbonyl (C=O) groups is 2. The molecule has 0 bridgehead atoms. The first-order valence-corrected chi connectivity index (χ1v) is 9.70. The van der Waals surface area contributed by atoms with Gasteiger partial charge < -0.3 is 20.1 Å². The van der Waals surface area contributed by atoms with E-state index in [0.717, 1.165) is 10.0 Å². The van der Waals surface area contributed by atoms with Crippen LogP contribution in [0.2, 0.25) is 0 Å². The lowest BCUT2D eigenvalue weighted by Crippen LogP contribution is -2.49. The molecule has 0 fully saturated rings. The van der Waals surface area contributed by atoms with Crippen molar-refractivity contribution in [1.29, 1.82) is 0 Å². The van der Waals surface area contributed by atoms with E-state index in [-0.39, 0.29) is 17.7 Å². The summed E-state index contributed by atoms with van der Waals surface area (Å²) in [7, 11) is 3.15. The summed E-state index contributed by atoms with van der Waals surface area (Å²) in [6, 6.07) is 11.7. The van der Waals surface area contributed by atoms with E-state index in [2.05, 4.69) is 26.6 Å². The maximum Gasteiger partial charge on any atom is 0.251 e. The number of amides is 2. The molecule has 0 aliphatic heterocycles. The molecule has 7 heteroatoms. The summed E-state index contributed by atoms with van der Waals surface area (Å²) in [4.78, 5) is 25.2. The first kappa shape index (κ1) is 21.8. The smallest absolute Gasteiger partial charge is 0.251 e. The van der Waals surface area contributed by atoms with Crippen LogP contribution in [0.25, 0.3) is 0 Å². The second kappa shape index (κ2) is 10.1. The van der Waals surface area contributed by atoms with Crippen molar-refractivity contribution in [3.63, 3.8) is 0 Å². The van der Waals surface area contributed by atoms with E-state index in [1.807, 2.05) is 32.0 Å². The third kappa shape index (κ3) is 5.73. The lowest BCUT2D eigenvalue weighted by Gasteiger charge is -2.22. The summed E-state index contributed by atoms with van der Waals surface area (Å²) < 4.78 is 11.3. The molecule has 0 spiro atoms. The number of benzene rings is 2. The third-order valence-corrected chi connectivity index (χ3v) is 4.78. The van der Waals surface area contributed by atoms with Crippen molar-refractivity contribution in [3.05, 3.63) is 58.1 Å². The molecule has 1 unspecified atom stereocenters. The summed E-state index contributed by atoms with van der Waals surface area (Å²) in [6.45, 7) is 4.07. The zero-order valence-electron chi connectivity index (χ0n) is 16.4. The standard InChI is InChI=1S/C21H25BrN2O4/c1-13(2)19(24-20(25)14-5-8-17(27-3)9-6-14)21(26)23-12-15-11-16(22)7-10-18(15)28-4/h5-11,13,19H,12H2,1-4H3,(H,23,26)(H,24,25). The zero-order chi connectivity index (χ0) is 20.7. The predicted octanol–water partition coefficient (Wildman–Crippen LogP) is 3.54. The van der Waals surface area contributed by atoms with E-state index in [1.54, 1.807) is 38.5 Å². The molecule has 1 atom stereocenters. The molecule has 0 heterocycles. The highest BCUT2D eigenvalue weighted by atomic mass is 79.9. The molecule has 0 saturated carbocycles. The Hall–Kier alpha value is -2.54. The van der Waals surface area contributed by atoms with Crippen LogP contribution in [0.4, 0.5) is 0 Å². The topological polar surface area (TPSA) is 76.7 Å². The molecular weight excluding hydrogens is 424 g/mol. The Balaban J connectivity index is 2.05. The molecule has 0 aliphatic carbocycles. The average Bonchev–Trinajstić information content (AvgIpc) is 2.70. The van der Waals surface area contributed by atoms with Gasteiger partial charge in [-0.3, -0.25) is 9.59 Å². The quantitative estimate of drug-likeness (QED) is 0.647. The minimum atomic E-state index is -0.659. The molecule has 0 saturated heterocycles. The normalized spacial score (nSPS) is 11.6. The minimum Gasteiger partial charge on any atom is -0.497 e. The van der Waals surface area contributed by atoms with E-state index in [1.165, 1.54) is 0 Å². The van der Waals surface area contributed by atoms with Gasteiger partial charge in [-0.25, -0.2) is 0 Å². The molecule has 2 rings (SSSR count). The summed E-state index contributed by atoms with van der Waals surface area (Å²) >= 11 is 3.42. The molecule has 0 aliphatic rings. The van der Waals surface area contributed by atoms with Crippen LogP contribution >= 0.6 is 15.9 Å². The van der Waals surface area contributed by atoms with Gasteiger partial charge in [-0.05, 0) is 48.4 Å². The molecule has 6 nitrogen and oxygen atoms in total. The van der Waals surface area contributed by atoms with Crippen molar-refractivity contribution in [2.45, 2.75) is 26.4 Å². The van der Waals surface area contributed by atoms with Crippen LogP contribution < -0.4 is 20.1 Å². The Labute approximate surface area is 173 Å². The molecular formula is C21H25BrN2O4. The Morgan fingerprint density at radius 3 is 2.29 bits per heavy atom. The summed E-state index contributed by atoms with van der Waals surface area (Å²) in [5.74, 6) is 0.714. The summed E-state index contributed by atoms with van der Waals surface area (Å²) in [6.07, 6.45) is 0. The molecule has 2 amide bonds. The van der Waals surface area contributed by atoms with Crippen LogP contribution in [0.3, 0.4) is 0 Å². The fourth-order valence-corrected chi connectivity index (χ4v) is 3.09. The minimum absolute atomic E-state index is 0.0772. The first-order chi connectivity index (χ1) is 13.3. The second-order valence-corrected chi connectivity index (χ2v) is 7.51. The molecule has 2 N–H and O–H groups in total. The van der Waals surface area contributed by atoms with Crippen LogP contribution in [0.15, 0.2) is 46.9 Å². The van der Waals surface area contributed by atoms with Gasteiger partial charge in [0.25, 0.3) is 5.91 Å². The number of ether oxygens (including phenoxy) is 2. The van der Waals surface area contributed by atoms with E-state index >= 15 is 0 Å². The van der Waals surface area contributed by atoms with Crippen LogP contribution in [-0.2, 0) is 11.3 Å². The molecule has 2 aromatic carbocycles. The highest BCUT2D eigenvalue weighted by molar-refractivity contribution is 9.10. The second-order valence-electron chi connectivity index (χ2n) is 6.60. The molecule has 2 aromatic rings. The van der Waals surface area contributed by atoms with Crippen molar-refractivity contribution in [2.24, 2.45) is 5.92 Å². The summed E-state index contributed by atoms with van der Waals surface area (Å²) in [5.41, 5.74) is 1.31. The number of methoxy groups -OCH3 is 2. The SMILES string of the molecule is COc1ccc(C(=O)NC(C(=O)NCc2cc(Br)ccc2OC)C(C)C)cc1. The van der Waals surface area contributed by atoms with Gasteiger partial charge in [0.05, 0.1) is 14.2 Å². The highest BCUT2D eigenvalue weighted by Gasteiger charge is 2.24. The highest BCUT2D eigenvalue weighted by Crippen LogP contribution is 2.22. The van der Waals surface area contributed by atoms with Gasteiger partial charge >= 0.3 is 0 Å².